The number of carbonyl (C=O) groups excluding carboxylic acids is 3. The number of imide groups is 1. The number of ether oxygens (including phenoxy) is 1. The molecule has 2 amide bonds. The molecule has 4 rings (SSSR count). The molecular weight excluding hydrogens is 398 g/mol. The summed E-state index contributed by atoms with van der Waals surface area (Å²) < 4.78 is 5.59. The highest BCUT2D eigenvalue weighted by Crippen LogP contribution is 2.26. The van der Waals surface area contributed by atoms with E-state index in [0.717, 1.165) is 28.5 Å². The van der Waals surface area contributed by atoms with Gasteiger partial charge >= 0.3 is 0 Å². The van der Waals surface area contributed by atoms with E-state index in [1.54, 1.807) is 42.5 Å². The molecule has 0 radical (unpaired) electrons. The van der Waals surface area contributed by atoms with Crippen LogP contribution in [0.4, 0.5) is 4.79 Å². The molecule has 0 aromatic heterocycles. The van der Waals surface area contributed by atoms with Gasteiger partial charge in [0.2, 0.25) is 0 Å². The third kappa shape index (κ3) is 4.67. The van der Waals surface area contributed by atoms with Gasteiger partial charge in [0, 0.05) is 5.56 Å². The van der Waals surface area contributed by atoms with Crippen LogP contribution in [0.2, 0.25) is 0 Å². The number of thioether (sulfide) groups is 1. The predicted molar refractivity (Wildman–Crippen MR) is 117 cm³/mol. The molecule has 1 fully saturated rings. The van der Waals surface area contributed by atoms with Crippen molar-refractivity contribution in [2.75, 3.05) is 6.61 Å². The minimum atomic E-state index is -0.394. The molecule has 0 bridgehead atoms. The van der Waals surface area contributed by atoms with E-state index in [1.165, 1.54) is 0 Å². The van der Waals surface area contributed by atoms with Gasteiger partial charge in [-0.15, -0.1) is 0 Å². The van der Waals surface area contributed by atoms with Crippen molar-refractivity contribution < 1.29 is 19.1 Å². The Morgan fingerprint density at radius 3 is 2.17 bits per heavy atom. The van der Waals surface area contributed by atoms with Crippen molar-refractivity contribution >= 4 is 34.8 Å². The molecule has 3 aromatic carbocycles. The van der Waals surface area contributed by atoms with Crippen LogP contribution in [-0.4, -0.2) is 23.5 Å². The van der Waals surface area contributed by atoms with Gasteiger partial charge in [-0.2, -0.15) is 0 Å². The molecule has 0 unspecified atom stereocenters. The highest BCUT2D eigenvalue weighted by atomic mass is 32.2. The summed E-state index contributed by atoms with van der Waals surface area (Å²) in [6, 6.07) is 24.4. The molecule has 0 aliphatic carbocycles. The van der Waals surface area contributed by atoms with Crippen molar-refractivity contribution in [2.45, 2.75) is 0 Å². The van der Waals surface area contributed by atoms with Crippen molar-refractivity contribution in [1.82, 2.24) is 5.32 Å². The predicted octanol–water partition coefficient (Wildman–Crippen LogP) is 4.94. The lowest BCUT2D eigenvalue weighted by atomic mass is 10.0. The molecular formula is C24H17NO4S. The monoisotopic (exact) mass is 415 g/mol. The minimum absolute atomic E-state index is 0.0715. The van der Waals surface area contributed by atoms with Crippen molar-refractivity contribution in [1.29, 1.82) is 0 Å². The molecule has 1 aliphatic rings. The minimum Gasteiger partial charge on any atom is -0.485 e. The number of hydrogen-bond acceptors (Lipinski definition) is 5. The molecule has 1 saturated heterocycles. The highest BCUT2D eigenvalue weighted by Gasteiger charge is 2.24. The molecule has 0 saturated carbocycles. The fourth-order valence-electron chi connectivity index (χ4n) is 2.94. The Morgan fingerprint density at radius 1 is 0.867 bits per heavy atom. The summed E-state index contributed by atoms with van der Waals surface area (Å²) in [7, 11) is 0. The first-order valence-corrected chi connectivity index (χ1v) is 10.1. The largest absolute Gasteiger partial charge is 0.485 e. The average molecular weight is 415 g/mol. The van der Waals surface area contributed by atoms with Crippen molar-refractivity contribution in [2.24, 2.45) is 0 Å². The third-order valence-electron chi connectivity index (χ3n) is 4.50. The maximum Gasteiger partial charge on any atom is 0.290 e. The quantitative estimate of drug-likeness (QED) is 0.456. The fraction of sp³-hybridized carbons (Fsp3) is 0.0417. The third-order valence-corrected chi connectivity index (χ3v) is 5.31. The number of carbonyl (C=O) groups is 3. The molecule has 5 nitrogen and oxygen atoms in total. The van der Waals surface area contributed by atoms with Gasteiger partial charge in [0.1, 0.15) is 5.75 Å². The zero-order chi connectivity index (χ0) is 20.9. The average Bonchev–Trinajstić information content (AvgIpc) is 3.10. The van der Waals surface area contributed by atoms with E-state index in [2.05, 4.69) is 5.32 Å². The van der Waals surface area contributed by atoms with Gasteiger partial charge < -0.3 is 4.74 Å². The molecule has 1 aliphatic heterocycles. The van der Waals surface area contributed by atoms with Gasteiger partial charge in [0.15, 0.2) is 12.4 Å². The number of benzene rings is 3. The Labute approximate surface area is 177 Å². The normalized spacial score (nSPS) is 14.6. The zero-order valence-corrected chi connectivity index (χ0v) is 16.6. The Hall–Kier alpha value is -3.64. The molecule has 1 N–H and O–H groups in total. The number of ketones is 1. The summed E-state index contributed by atoms with van der Waals surface area (Å²) in [4.78, 5) is 35.6. The summed E-state index contributed by atoms with van der Waals surface area (Å²) >= 11 is 0.870. The second-order valence-corrected chi connectivity index (χ2v) is 7.59. The van der Waals surface area contributed by atoms with Crippen LogP contribution in [0.1, 0.15) is 15.9 Å². The Balaban J connectivity index is 1.35. The number of hydrogen-bond donors (Lipinski definition) is 1. The van der Waals surface area contributed by atoms with Gasteiger partial charge in [-0.3, -0.25) is 19.7 Å². The first-order valence-electron chi connectivity index (χ1n) is 9.25. The molecule has 3 aromatic rings. The van der Waals surface area contributed by atoms with E-state index >= 15 is 0 Å². The smallest absolute Gasteiger partial charge is 0.290 e. The van der Waals surface area contributed by atoms with Crippen LogP contribution in [0.3, 0.4) is 0 Å². The maximum absolute atomic E-state index is 12.4. The van der Waals surface area contributed by atoms with Gasteiger partial charge in [0.05, 0.1) is 4.91 Å². The Kier molecular flexibility index (Phi) is 5.77. The summed E-state index contributed by atoms with van der Waals surface area (Å²) in [6.07, 6.45) is 1.63. The topological polar surface area (TPSA) is 72.5 Å². The summed E-state index contributed by atoms with van der Waals surface area (Å²) in [6.45, 7) is -0.0715. The maximum atomic E-state index is 12.4. The number of rotatable bonds is 6. The van der Waals surface area contributed by atoms with Crippen LogP contribution in [-0.2, 0) is 4.79 Å². The second-order valence-electron chi connectivity index (χ2n) is 6.58. The van der Waals surface area contributed by atoms with E-state index in [-0.39, 0.29) is 17.6 Å². The SMILES string of the molecule is O=C1NC(=O)C(=Cc2ccc(OCC(=O)c3ccc(-c4ccccc4)cc3)cc2)S1. The van der Waals surface area contributed by atoms with Crippen LogP contribution < -0.4 is 10.1 Å². The second kappa shape index (κ2) is 8.80. The fourth-order valence-corrected chi connectivity index (χ4v) is 3.63. The summed E-state index contributed by atoms with van der Waals surface area (Å²) in [5.74, 6) is 0.0403. The molecule has 1 heterocycles. The van der Waals surface area contributed by atoms with Crippen LogP contribution >= 0.6 is 11.8 Å². The Bertz CT molecular complexity index is 1120. The van der Waals surface area contributed by atoms with Crippen LogP contribution in [0.5, 0.6) is 5.75 Å². The van der Waals surface area contributed by atoms with E-state index in [1.807, 2.05) is 42.5 Å². The molecule has 30 heavy (non-hydrogen) atoms. The highest BCUT2D eigenvalue weighted by molar-refractivity contribution is 8.18. The molecule has 0 atom stereocenters. The van der Waals surface area contributed by atoms with E-state index in [9.17, 15) is 14.4 Å². The lowest BCUT2D eigenvalue weighted by Gasteiger charge is -2.07. The van der Waals surface area contributed by atoms with Crippen LogP contribution in [0.15, 0.2) is 83.8 Å². The standard InChI is InChI=1S/C24H17NO4S/c26-21(19-10-8-18(9-11-19)17-4-2-1-3-5-17)15-29-20-12-6-16(7-13-20)14-22-23(27)25-24(28)30-22/h1-14H,15H2,(H,25,27,28). The first-order chi connectivity index (χ1) is 14.6. The van der Waals surface area contributed by atoms with Crippen molar-refractivity contribution in [3.05, 3.63) is 94.9 Å². The molecule has 6 heteroatoms. The first kappa shape index (κ1) is 19.7. The Morgan fingerprint density at radius 2 is 1.53 bits per heavy atom. The lowest BCUT2D eigenvalue weighted by Crippen LogP contribution is -2.17. The van der Waals surface area contributed by atoms with E-state index < -0.39 is 5.91 Å². The zero-order valence-electron chi connectivity index (χ0n) is 15.8. The lowest BCUT2D eigenvalue weighted by molar-refractivity contribution is -0.115. The summed E-state index contributed by atoms with van der Waals surface area (Å²) in [5, 5.41) is 1.84. The number of amides is 2. The van der Waals surface area contributed by atoms with Gasteiger partial charge in [0.25, 0.3) is 11.1 Å². The van der Waals surface area contributed by atoms with Gasteiger partial charge in [-0.05, 0) is 46.7 Å². The van der Waals surface area contributed by atoms with Crippen LogP contribution in [0.25, 0.3) is 17.2 Å². The molecule has 148 valence electrons. The van der Waals surface area contributed by atoms with Crippen molar-refractivity contribution in [3.8, 4) is 16.9 Å². The van der Waals surface area contributed by atoms with Gasteiger partial charge in [-0.25, -0.2) is 0 Å². The van der Waals surface area contributed by atoms with E-state index in [0.29, 0.717) is 16.2 Å². The molecule has 0 spiro atoms. The van der Waals surface area contributed by atoms with Gasteiger partial charge in [-0.1, -0.05) is 66.7 Å². The number of nitrogens with one attached hydrogen (secondary N) is 1. The van der Waals surface area contributed by atoms with E-state index in [4.69, 9.17) is 4.74 Å². The summed E-state index contributed by atoms with van der Waals surface area (Å²) in [5.41, 5.74) is 3.50. The van der Waals surface area contributed by atoms with Crippen molar-refractivity contribution in [3.63, 3.8) is 0 Å². The number of Topliss-reactive ketones (excluding diaryl/α,β-unsaturated/α-hetero) is 1. The van der Waals surface area contributed by atoms with Crippen LogP contribution in [0, 0.1) is 0 Å².